The van der Waals surface area contributed by atoms with Gasteiger partial charge >= 0.3 is 5.97 Å². The summed E-state index contributed by atoms with van der Waals surface area (Å²) in [7, 11) is 0. The Bertz CT molecular complexity index is 469. The molecule has 0 aliphatic carbocycles. The molecular weight excluding hydrogens is 226 g/mol. The Morgan fingerprint density at radius 1 is 1.28 bits per heavy atom. The molecule has 0 saturated carbocycles. The summed E-state index contributed by atoms with van der Waals surface area (Å²) in [6.45, 7) is 11.1. The van der Waals surface area contributed by atoms with Gasteiger partial charge in [-0.05, 0) is 25.3 Å². The molecule has 3 nitrogen and oxygen atoms in total. The fourth-order valence-electron chi connectivity index (χ4n) is 1.69. The highest BCUT2D eigenvalue weighted by atomic mass is 16.5. The van der Waals surface area contributed by atoms with Crippen LogP contribution in [0.25, 0.3) is 4.85 Å². The van der Waals surface area contributed by atoms with Crippen LogP contribution in [0, 0.1) is 6.57 Å². The molecule has 94 valence electrons. The number of esters is 1. The minimum Gasteiger partial charge on any atom is -0.471 e. The average Bonchev–Trinajstić information content (AvgIpc) is 2.40. The first kappa shape index (κ1) is 14.0. The molecule has 0 fully saturated rings. The lowest BCUT2D eigenvalue weighted by Crippen LogP contribution is -2.08. The van der Waals surface area contributed by atoms with Crippen LogP contribution in [0.5, 0.6) is 0 Å². The third kappa shape index (κ3) is 3.74. The third-order valence-corrected chi connectivity index (χ3v) is 2.60. The average molecular weight is 243 g/mol. The second-order valence-corrected chi connectivity index (χ2v) is 3.80. The molecule has 0 N–H and O–H groups in total. The van der Waals surface area contributed by atoms with Crippen LogP contribution in [0.2, 0.25) is 0 Å². The van der Waals surface area contributed by atoms with Gasteiger partial charge in [0.25, 0.3) is 5.70 Å². The SMILES string of the molecule is [C-]#[N+]C(C(=O)OCC)=C(CC)Cc1ccccc1. The number of carbonyl (C=O) groups is 1. The summed E-state index contributed by atoms with van der Waals surface area (Å²) < 4.78 is 4.90. The van der Waals surface area contributed by atoms with Crippen molar-refractivity contribution in [1.82, 2.24) is 0 Å². The molecule has 0 aromatic heterocycles. The molecule has 0 aliphatic rings. The second kappa shape index (κ2) is 7.29. The minimum atomic E-state index is -0.514. The van der Waals surface area contributed by atoms with E-state index in [1.54, 1.807) is 6.92 Å². The van der Waals surface area contributed by atoms with Crippen molar-refractivity contribution in [3.8, 4) is 0 Å². The maximum atomic E-state index is 11.7. The fraction of sp³-hybridized carbons (Fsp3) is 0.333. The first-order valence-electron chi connectivity index (χ1n) is 6.03. The molecule has 0 atom stereocenters. The standard InChI is InChI=1S/C15H17NO2/c1-4-13(11-12-9-7-6-8-10-12)14(16-3)15(17)18-5-2/h6-10H,4-5,11H2,1-2H3. The van der Waals surface area contributed by atoms with Crippen LogP contribution in [0.15, 0.2) is 41.6 Å². The summed E-state index contributed by atoms with van der Waals surface area (Å²) in [6, 6.07) is 9.82. The van der Waals surface area contributed by atoms with Crippen molar-refractivity contribution in [2.45, 2.75) is 26.7 Å². The van der Waals surface area contributed by atoms with Gasteiger partial charge in [0.2, 0.25) is 0 Å². The Morgan fingerprint density at radius 3 is 2.44 bits per heavy atom. The molecule has 0 heterocycles. The second-order valence-electron chi connectivity index (χ2n) is 3.80. The highest BCUT2D eigenvalue weighted by Gasteiger charge is 2.16. The van der Waals surface area contributed by atoms with Crippen molar-refractivity contribution < 1.29 is 9.53 Å². The van der Waals surface area contributed by atoms with Gasteiger partial charge in [-0.2, -0.15) is 0 Å². The van der Waals surface area contributed by atoms with Crippen molar-refractivity contribution in [2.24, 2.45) is 0 Å². The highest BCUT2D eigenvalue weighted by molar-refractivity contribution is 5.91. The maximum absolute atomic E-state index is 11.7. The van der Waals surface area contributed by atoms with Gasteiger partial charge < -0.3 is 4.74 Å². The number of hydrogen-bond acceptors (Lipinski definition) is 2. The summed E-state index contributed by atoms with van der Waals surface area (Å²) in [5.74, 6) is -0.514. The molecule has 0 saturated heterocycles. The molecule has 0 spiro atoms. The van der Waals surface area contributed by atoms with Gasteiger partial charge in [-0.3, -0.25) is 4.79 Å². The topological polar surface area (TPSA) is 30.7 Å². The number of nitrogens with zero attached hydrogens (tertiary/aromatic N) is 1. The highest BCUT2D eigenvalue weighted by Crippen LogP contribution is 2.17. The van der Waals surface area contributed by atoms with Gasteiger partial charge in [0, 0.05) is 0 Å². The molecular formula is C15H17NO2. The molecule has 0 bridgehead atoms. The summed E-state index contributed by atoms with van der Waals surface area (Å²) in [5.41, 5.74) is 2.05. The zero-order chi connectivity index (χ0) is 13.4. The van der Waals surface area contributed by atoms with Crippen molar-refractivity contribution in [1.29, 1.82) is 0 Å². The van der Waals surface area contributed by atoms with Crippen LogP contribution < -0.4 is 0 Å². The molecule has 1 rings (SSSR count). The van der Waals surface area contributed by atoms with Crippen LogP contribution in [0.3, 0.4) is 0 Å². The van der Waals surface area contributed by atoms with Gasteiger partial charge in [0.15, 0.2) is 0 Å². The Hall–Kier alpha value is -2.08. The van der Waals surface area contributed by atoms with E-state index in [1.165, 1.54) is 0 Å². The van der Waals surface area contributed by atoms with E-state index in [9.17, 15) is 4.79 Å². The van der Waals surface area contributed by atoms with Crippen LogP contribution in [-0.4, -0.2) is 12.6 Å². The van der Waals surface area contributed by atoms with Crippen LogP contribution >= 0.6 is 0 Å². The monoisotopic (exact) mass is 243 g/mol. The van der Waals surface area contributed by atoms with E-state index in [-0.39, 0.29) is 5.70 Å². The van der Waals surface area contributed by atoms with E-state index in [0.29, 0.717) is 19.4 Å². The van der Waals surface area contributed by atoms with Crippen molar-refractivity contribution in [3.05, 3.63) is 58.6 Å². The van der Waals surface area contributed by atoms with Crippen molar-refractivity contribution in [2.75, 3.05) is 6.61 Å². The lowest BCUT2D eigenvalue weighted by molar-refractivity contribution is -0.138. The zero-order valence-electron chi connectivity index (χ0n) is 10.8. The molecule has 0 radical (unpaired) electrons. The summed E-state index contributed by atoms with van der Waals surface area (Å²) in [4.78, 5) is 15.0. The molecule has 0 unspecified atom stereocenters. The molecule has 0 amide bonds. The molecule has 0 aliphatic heterocycles. The van der Waals surface area contributed by atoms with Gasteiger partial charge in [0.1, 0.15) is 0 Å². The van der Waals surface area contributed by atoms with E-state index >= 15 is 0 Å². The number of hydrogen-bond donors (Lipinski definition) is 0. The molecule has 1 aromatic rings. The molecule has 18 heavy (non-hydrogen) atoms. The van der Waals surface area contributed by atoms with Crippen LogP contribution in [0.4, 0.5) is 0 Å². The normalized spacial score (nSPS) is 11.4. The summed E-state index contributed by atoms with van der Waals surface area (Å²) >= 11 is 0. The van der Waals surface area contributed by atoms with Gasteiger partial charge in [-0.25, -0.2) is 4.85 Å². The zero-order valence-corrected chi connectivity index (χ0v) is 10.8. The predicted molar refractivity (Wildman–Crippen MR) is 70.7 cm³/mol. The maximum Gasteiger partial charge on any atom is 0.336 e. The van der Waals surface area contributed by atoms with Crippen LogP contribution in [-0.2, 0) is 16.0 Å². The van der Waals surface area contributed by atoms with E-state index in [0.717, 1.165) is 11.1 Å². The van der Waals surface area contributed by atoms with Gasteiger partial charge in [0.05, 0.1) is 13.2 Å². The quantitative estimate of drug-likeness (QED) is 0.451. The number of ether oxygens (including phenoxy) is 1. The molecule has 3 heteroatoms. The summed E-state index contributed by atoms with van der Waals surface area (Å²) in [6.07, 6.45) is 1.29. The van der Waals surface area contributed by atoms with E-state index in [4.69, 9.17) is 11.3 Å². The minimum absolute atomic E-state index is 0.128. The molecule has 1 aromatic carbocycles. The van der Waals surface area contributed by atoms with E-state index in [2.05, 4.69) is 4.85 Å². The van der Waals surface area contributed by atoms with E-state index < -0.39 is 5.97 Å². The first-order chi connectivity index (χ1) is 8.72. The third-order valence-electron chi connectivity index (χ3n) is 2.60. The van der Waals surface area contributed by atoms with E-state index in [1.807, 2.05) is 37.3 Å². The lowest BCUT2D eigenvalue weighted by Gasteiger charge is -2.08. The smallest absolute Gasteiger partial charge is 0.336 e. The lowest BCUT2D eigenvalue weighted by atomic mass is 10.0. The fourth-order valence-corrected chi connectivity index (χ4v) is 1.69. The van der Waals surface area contributed by atoms with Crippen LogP contribution in [0.1, 0.15) is 25.8 Å². The summed E-state index contributed by atoms with van der Waals surface area (Å²) in [5, 5.41) is 0. The largest absolute Gasteiger partial charge is 0.471 e. The van der Waals surface area contributed by atoms with Gasteiger partial charge in [-0.1, -0.05) is 42.8 Å². The number of benzene rings is 1. The number of allylic oxidation sites excluding steroid dienone is 1. The number of rotatable bonds is 5. The Balaban J connectivity index is 2.98. The first-order valence-corrected chi connectivity index (χ1v) is 6.03. The van der Waals surface area contributed by atoms with Crippen molar-refractivity contribution in [3.63, 3.8) is 0 Å². The Kier molecular flexibility index (Phi) is 5.66. The Morgan fingerprint density at radius 2 is 1.94 bits per heavy atom. The Labute approximate surface area is 108 Å². The van der Waals surface area contributed by atoms with Crippen molar-refractivity contribution >= 4 is 5.97 Å². The van der Waals surface area contributed by atoms with Gasteiger partial charge in [-0.15, -0.1) is 0 Å². The predicted octanol–water partition coefficient (Wildman–Crippen LogP) is 3.38. The number of carbonyl (C=O) groups excluding carboxylic acids is 1.